The highest BCUT2D eigenvalue weighted by molar-refractivity contribution is 7.92. The Morgan fingerprint density at radius 2 is 1.71 bits per heavy atom. The van der Waals surface area contributed by atoms with Crippen molar-refractivity contribution in [3.8, 4) is 0 Å². The van der Waals surface area contributed by atoms with Crippen molar-refractivity contribution in [2.45, 2.75) is 11.8 Å². The second kappa shape index (κ2) is 8.30. The van der Waals surface area contributed by atoms with Gasteiger partial charge in [-0.05, 0) is 55.0 Å². The number of amides is 1. The van der Waals surface area contributed by atoms with Crippen LogP contribution in [0.3, 0.4) is 0 Å². The molecule has 1 heterocycles. The van der Waals surface area contributed by atoms with Gasteiger partial charge in [0.25, 0.3) is 15.9 Å². The summed E-state index contributed by atoms with van der Waals surface area (Å²) >= 11 is 7.64. The average molecular weight is 472 g/mol. The highest BCUT2D eigenvalue weighted by Crippen LogP contribution is 2.28. The molecule has 4 rings (SSSR count). The van der Waals surface area contributed by atoms with Crippen molar-refractivity contribution in [1.29, 1.82) is 0 Å². The molecule has 0 radical (unpaired) electrons. The number of sulfonamides is 1. The van der Waals surface area contributed by atoms with Crippen LogP contribution in [0.4, 0.5) is 5.69 Å². The molecule has 0 unspecified atom stereocenters. The number of hydrogen-bond acceptors (Lipinski definition) is 4. The molecule has 158 valence electrons. The largest absolute Gasteiger partial charge is 0.319 e. The van der Waals surface area contributed by atoms with E-state index in [-0.39, 0.29) is 4.90 Å². The first-order valence-electron chi connectivity index (χ1n) is 9.28. The fourth-order valence-corrected chi connectivity index (χ4v) is 5.61. The zero-order valence-corrected chi connectivity index (χ0v) is 19.1. The van der Waals surface area contributed by atoms with Gasteiger partial charge in [-0.25, -0.2) is 8.42 Å². The summed E-state index contributed by atoms with van der Waals surface area (Å²) in [6, 6.07) is 18.0. The molecule has 3 aromatic carbocycles. The summed E-state index contributed by atoms with van der Waals surface area (Å²) in [4.78, 5) is 17.6. The smallest absolute Gasteiger partial charge is 0.279 e. The Labute approximate surface area is 188 Å². The molecule has 1 amide bonds. The van der Waals surface area contributed by atoms with Gasteiger partial charge in [-0.2, -0.15) is 4.99 Å². The number of hydrogen-bond donors (Lipinski definition) is 1. The van der Waals surface area contributed by atoms with E-state index in [2.05, 4.69) is 9.71 Å². The highest BCUT2D eigenvalue weighted by atomic mass is 35.5. The van der Waals surface area contributed by atoms with Crippen LogP contribution in [0.25, 0.3) is 10.2 Å². The maximum Gasteiger partial charge on any atom is 0.279 e. The molecule has 1 N–H and O–H groups in total. The lowest BCUT2D eigenvalue weighted by Crippen LogP contribution is -2.14. The summed E-state index contributed by atoms with van der Waals surface area (Å²) in [5.41, 5.74) is 2.69. The first-order chi connectivity index (χ1) is 14.8. The van der Waals surface area contributed by atoms with E-state index in [0.717, 1.165) is 15.8 Å². The molecule has 0 spiro atoms. The molecule has 0 saturated carbocycles. The standard InChI is InChI=1S/C22H18ClN3O3S2/c1-14-8-13-18(23)20-19(14)26(2)22(30-20)24-21(27)15-9-11-16(12-10-15)25-31(28,29)17-6-4-3-5-7-17/h3-13,25H,1-2H3. The molecule has 0 aliphatic rings. The van der Waals surface area contributed by atoms with Crippen LogP contribution in [-0.2, 0) is 17.1 Å². The number of nitrogens with zero attached hydrogens (tertiary/aromatic N) is 2. The molecule has 9 heteroatoms. The number of carbonyl (C=O) groups is 1. The topological polar surface area (TPSA) is 80.5 Å². The highest BCUT2D eigenvalue weighted by Gasteiger charge is 2.14. The maximum absolute atomic E-state index is 12.7. The molecule has 4 aromatic rings. The monoisotopic (exact) mass is 471 g/mol. The molecule has 0 aliphatic carbocycles. The van der Waals surface area contributed by atoms with E-state index < -0.39 is 15.9 Å². The second-order valence-electron chi connectivity index (χ2n) is 6.90. The van der Waals surface area contributed by atoms with E-state index in [0.29, 0.717) is 21.1 Å². The lowest BCUT2D eigenvalue weighted by atomic mass is 10.2. The van der Waals surface area contributed by atoms with Crippen LogP contribution >= 0.6 is 22.9 Å². The van der Waals surface area contributed by atoms with Gasteiger partial charge in [0.15, 0.2) is 4.80 Å². The van der Waals surface area contributed by atoms with E-state index in [1.807, 2.05) is 30.7 Å². The number of benzene rings is 3. The van der Waals surface area contributed by atoms with Gasteiger partial charge in [-0.1, -0.05) is 47.2 Å². The maximum atomic E-state index is 12.7. The SMILES string of the molecule is Cc1ccc(Cl)c2sc(=NC(=O)c3ccc(NS(=O)(=O)c4ccccc4)cc3)n(C)c12. The van der Waals surface area contributed by atoms with Crippen LogP contribution in [0, 0.1) is 6.92 Å². The van der Waals surface area contributed by atoms with E-state index in [1.165, 1.54) is 35.6 Å². The van der Waals surface area contributed by atoms with Crippen LogP contribution in [0.5, 0.6) is 0 Å². The lowest BCUT2D eigenvalue weighted by molar-refractivity contribution is 0.0998. The van der Waals surface area contributed by atoms with Crippen LogP contribution in [0.2, 0.25) is 5.02 Å². The van der Waals surface area contributed by atoms with Gasteiger partial charge >= 0.3 is 0 Å². The van der Waals surface area contributed by atoms with Crippen LogP contribution in [0.1, 0.15) is 15.9 Å². The van der Waals surface area contributed by atoms with Crippen molar-refractivity contribution in [2.75, 3.05) is 4.72 Å². The van der Waals surface area contributed by atoms with Crippen molar-refractivity contribution < 1.29 is 13.2 Å². The predicted molar refractivity (Wildman–Crippen MR) is 124 cm³/mol. The number of halogens is 1. The molecule has 0 atom stereocenters. The summed E-state index contributed by atoms with van der Waals surface area (Å²) in [7, 11) is -1.85. The minimum absolute atomic E-state index is 0.163. The summed E-state index contributed by atoms with van der Waals surface area (Å²) in [6.45, 7) is 1.98. The molecule has 0 saturated heterocycles. The minimum Gasteiger partial charge on any atom is -0.319 e. The fraction of sp³-hybridized carbons (Fsp3) is 0.0909. The van der Waals surface area contributed by atoms with Gasteiger partial charge in [-0.15, -0.1) is 0 Å². The molecule has 0 aliphatic heterocycles. The van der Waals surface area contributed by atoms with E-state index in [1.54, 1.807) is 30.3 Å². The molecule has 1 aromatic heterocycles. The number of fused-ring (bicyclic) bond motifs is 1. The van der Waals surface area contributed by atoms with Gasteiger partial charge in [0.2, 0.25) is 0 Å². The first-order valence-corrected chi connectivity index (χ1v) is 12.0. The third-order valence-corrected chi connectivity index (χ3v) is 7.72. The summed E-state index contributed by atoms with van der Waals surface area (Å²) in [5.74, 6) is -0.423. The number of rotatable bonds is 4. The Bertz CT molecular complexity index is 1460. The second-order valence-corrected chi connectivity index (χ2v) is 9.97. The Morgan fingerprint density at radius 3 is 2.35 bits per heavy atom. The van der Waals surface area contributed by atoms with E-state index >= 15 is 0 Å². The van der Waals surface area contributed by atoms with E-state index in [9.17, 15) is 13.2 Å². The third kappa shape index (κ3) is 4.27. The number of nitrogens with one attached hydrogen (secondary N) is 1. The zero-order chi connectivity index (χ0) is 22.2. The van der Waals surface area contributed by atoms with Gasteiger partial charge in [0, 0.05) is 18.3 Å². The third-order valence-electron chi connectivity index (χ3n) is 4.74. The minimum atomic E-state index is -3.70. The number of carbonyl (C=O) groups excluding carboxylic acids is 1. The van der Waals surface area contributed by atoms with Gasteiger partial charge in [0.1, 0.15) is 0 Å². The summed E-state index contributed by atoms with van der Waals surface area (Å²) in [5, 5.41) is 0.616. The van der Waals surface area contributed by atoms with Crippen LogP contribution in [-0.4, -0.2) is 18.9 Å². The predicted octanol–water partition coefficient (Wildman–Crippen LogP) is 4.74. The normalized spacial score (nSPS) is 12.3. The van der Waals surface area contributed by atoms with Gasteiger partial charge in [0.05, 0.1) is 20.1 Å². The number of aromatic nitrogens is 1. The first kappa shape index (κ1) is 21.3. The molecule has 0 bridgehead atoms. The molecule has 6 nitrogen and oxygen atoms in total. The number of anilines is 1. The van der Waals surface area contributed by atoms with Crippen molar-refractivity contribution in [3.63, 3.8) is 0 Å². The van der Waals surface area contributed by atoms with E-state index in [4.69, 9.17) is 11.6 Å². The van der Waals surface area contributed by atoms with Crippen molar-refractivity contribution in [3.05, 3.63) is 87.7 Å². The number of aryl methyl sites for hydroxylation is 2. The van der Waals surface area contributed by atoms with Crippen molar-refractivity contribution in [2.24, 2.45) is 12.0 Å². The molecule has 0 fully saturated rings. The zero-order valence-electron chi connectivity index (χ0n) is 16.7. The van der Waals surface area contributed by atoms with Gasteiger partial charge < -0.3 is 4.57 Å². The fourth-order valence-electron chi connectivity index (χ4n) is 3.16. The Hall–Kier alpha value is -2.94. The van der Waals surface area contributed by atoms with Crippen molar-refractivity contribution in [1.82, 2.24) is 4.57 Å². The molecule has 31 heavy (non-hydrogen) atoms. The van der Waals surface area contributed by atoms with Crippen LogP contribution < -0.4 is 9.52 Å². The van der Waals surface area contributed by atoms with Gasteiger partial charge in [-0.3, -0.25) is 9.52 Å². The van der Waals surface area contributed by atoms with Crippen LogP contribution in [0.15, 0.2) is 76.6 Å². The Balaban J connectivity index is 1.61. The number of thiazole rings is 1. The average Bonchev–Trinajstić information content (AvgIpc) is 3.09. The Morgan fingerprint density at radius 1 is 1.03 bits per heavy atom. The molecular weight excluding hydrogens is 454 g/mol. The summed E-state index contributed by atoms with van der Waals surface area (Å²) < 4.78 is 30.1. The molecular formula is C22H18ClN3O3S2. The lowest BCUT2D eigenvalue weighted by Gasteiger charge is -2.08. The summed E-state index contributed by atoms with van der Waals surface area (Å²) in [6.07, 6.45) is 0. The Kier molecular flexibility index (Phi) is 5.70. The quantitative estimate of drug-likeness (QED) is 0.466. The van der Waals surface area contributed by atoms with Crippen molar-refractivity contribution >= 4 is 54.8 Å².